The SMILES string of the molecule is CNC.COc1ccc(N(C(=O)c2ccccc2Cl)c2nc3ccc(N=S(=O)=O)cc3s2)cc1OC. The highest BCUT2D eigenvalue weighted by molar-refractivity contribution is 7.61. The summed E-state index contributed by atoms with van der Waals surface area (Å²) in [6.07, 6.45) is 0. The molecule has 0 aliphatic rings. The summed E-state index contributed by atoms with van der Waals surface area (Å²) in [6.45, 7) is 0. The monoisotopic (exact) mass is 546 g/mol. The Morgan fingerprint density at radius 3 is 2.36 bits per heavy atom. The molecule has 1 N–H and O–H groups in total. The van der Waals surface area contributed by atoms with Gasteiger partial charge in [0.25, 0.3) is 5.91 Å². The number of anilines is 2. The van der Waals surface area contributed by atoms with Crippen molar-refractivity contribution < 1.29 is 22.7 Å². The van der Waals surface area contributed by atoms with E-state index in [4.69, 9.17) is 21.1 Å². The smallest absolute Gasteiger partial charge is 0.316 e. The first-order valence-electron chi connectivity index (χ1n) is 10.4. The number of ether oxygens (including phenoxy) is 2. The van der Waals surface area contributed by atoms with Crippen LogP contribution in [0.4, 0.5) is 16.5 Å². The average Bonchev–Trinajstić information content (AvgIpc) is 3.27. The predicted octanol–water partition coefficient (Wildman–Crippen LogP) is 5.48. The van der Waals surface area contributed by atoms with Gasteiger partial charge < -0.3 is 14.8 Å². The maximum absolute atomic E-state index is 13.6. The van der Waals surface area contributed by atoms with E-state index in [1.807, 2.05) is 14.1 Å². The van der Waals surface area contributed by atoms with Gasteiger partial charge in [0, 0.05) is 6.07 Å². The first-order chi connectivity index (χ1) is 17.3. The van der Waals surface area contributed by atoms with E-state index < -0.39 is 16.4 Å². The van der Waals surface area contributed by atoms with Crippen LogP contribution in [-0.4, -0.2) is 47.6 Å². The van der Waals surface area contributed by atoms with Gasteiger partial charge in [0.2, 0.25) is 0 Å². The molecule has 188 valence electrons. The Labute approximate surface area is 219 Å². The summed E-state index contributed by atoms with van der Waals surface area (Å²) in [5.41, 5.74) is 1.64. The fourth-order valence-corrected chi connectivity index (χ4v) is 4.69. The lowest BCUT2D eigenvalue weighted by Gasteiger charge is -2.22. The third kappa shape index (κ3) is 6.18. The van der Waals surface area contributed by atoms with E-state index in [2.05, 4.69) is 14.7 Å². The minimum atomic E-state index is -2.58. The summed E-state index contributed by atoms with van der Waals surface area (Å²) >= 11 is 7.52. The van der Waals surface area contributed by atoms with Crippen molar-refractivity contribution in [1.29, 1.82) is 0 Å². The van der Waals surface area contributed by atoms with Crippen LogP contribution in [0, 0.1) is 0 Å². The number of amides is 1. The van der Waals surface area contributed by atoms with Crippen LogP contribution in [0.1, 0.15) is 10.4 Å². The fraction of sp³-hybridized carbons (Fsp3) is 0.167. The van der Waals surface area contributed by atoms with Crippen molar-refractivity contribution in [3.05, 3.63) is 71.2 Å². The van der Waals surface area contributed by atoms with Gasteiger partial charge in [-0.2, -0.15) is 8.42 Å². The molecule has 0 unspecified atom stereocenters. The molecular weight excluding hydrogens is 524 g/mol. The summed E-state index contributed by atoms with van der Waals surface area (Å²) in [5, 5.41) is 3.41. The number of carbonyl (C=O) groups excluding carboxylic acids is 1. The number of hydrogen-bond acceptors (Lipinski definition) is 9. The molecule has 0 bridgehead atoms. The van der Waals surface area contributed by atoms with Crippen molar-refractivity contribution in [2.75, 3.05) is 33.2 Å². The molecule has 0 atom stereocenters. The molecule has 0 aliphatic carbocycles. The van der Waals surface area contributed by atoms with Crippen LogP contribution in [0.2, 0.25) is 5.02 Å². The van der Waals surface area contributed by atoms with E-state index in [0.29, 0.717) is 43.1 Å². The Kier molecular flexibility index (Phi) is 9.37. The molecule has 0 aliphatic heterocycles. The average molecular weight is 547 g/mol. The molecule has 3 aromatic carbocycles. The van der Waals surface area contributed by atoms with E-state index in [9.17, 15) is 13.2 Å². The van der Waals surface area contributed by atoms with Gasteiger partial charge in [-0.1, -0.05) is 35.1 Å². The molecule has 4 aromatic rings. The first-order valence-corrected chi connectivity index (χ1v) is 12.7. The van der Waals surface area contributed by atoms with Gasteiger partial charge in [-0.15, -0.1) is 4.36 Å². The molecule has 1 aromatic heterocycles. The molecule has 1 heterocycles. The molecule has 0 fully saturated rings. The normalized spacial score (nSPS) is 10.2. The van der Waals surface area contributed by atoms with Crippen molar-refractivity contribution in [3.8, 4) is 11.5 Å². The Morgan fingerprint density at radius 2 is 1.72 bits per heavy atom. The van der Waals surface area contributed by atoms with Crippen LogP contribution in [-0.2, 0) is 10.5 Å². The molecule has 0 radical (unpaired) electrons. The maximum Gasteiger partial charge on any atom is 0.316 e. The van der Waals surface area contributed by atoms with Gasteiger partial charge >= 0.3 is 10.5 Å². The van der Waals surface area contributed by atoms with Crippen LogP contribution in [0.5, 0.6) is 11.5 Å². The summed E-state index contributed by atoms with van der Waals surface area (Å²) in [7, 11) is 4.20. The molecule has 12 heteroatoms. The summed E-state index contributed by atoms with van der Waals surface area (Å²) < 4.78 is 36.8. The highest BCUT2D eigenvalue weighted by atomic mass is 35.5. The third-order valence-electron chi connectivity index (χ3n) is 4.66. The quantitative estimate of drug-likeness (QED) is 0.341. The summed E-state index contributed by atoms with van der Waals surface area (Å²) in [6, 6.07) is 16.6. The van der Waals surface area contributed by atoms with Crippen LogP contribution >= 0.6 is 22.9 Å². The highest BCUT2D eigenvalue weighted by Gasteiger charge is 2.26. The van der Waals surface area contributed by atoms with Crippen molar-refractivity contribution in [3.63, 3.8) is 0 Å². The third-order valence-corrected chi connectivity index (χ3v) is 6.36. The van der Waals surface area contributed by atoms with E-state index in [0.717, 1.165) is 0 Å². The van der Waals surface area contributed by atoms with Crippen molar-refractivity contribution in [2.45, 2.75) is 0 Å². The summed E-state index contributed by atoms with van der Waals surface area (Å²) in [5.74, 6) is 0.553. The van der Waals surface area contributed by atoms with E-state index >= 15 is 0 Å². The fourth-order valence-electron chi connectivity index (χ4n) is 3.17. The molecule has 4 rings (SSSR count). The lowest BCUT2D eigenvalue weighted by molar-refractivity contribution is 0.0999. The zero-order valence-electron chi connectivity index (χ0n) is 19.9. The number of aromatic nitrogens is 1. The molecule has 0 spiro atoms. The molecule has 36 heavy (non-hydrogen) atoms. The number of methoxy groups -OCH3 is 2. The number of nitrogens with one attached hydrogen (secondary N) is 1. The van der Waals surface area contributed by atoms with Gasteiger partial charge in [0.05, 0.1) is 46.4 Å². The number of carbonyl (C=O) groups is 1. The molecule has 9 nitrogen and oxygen atoms in total. The second kappa shape index (κ2) is 12.5. The van der Waals surface area contributed by atoms with Crippen LogP contribution in [0.15, 0.2) is 65.0 Å². The second-order valence-electron chi connectivity index (χ2n) is 7.12. The van der Waals surface area contributed by atoms with Gasteiger partial charge in [-0.3, -0.25) is 9.69 Å². The van der Waals surface area contributed by atoms with Crippen molar-refractivity contribution >= 4 is 66.1 Å². The van der Waals surface area contributed by atoms with Gasteiger partial charge in [0.15, 0.2) is 16.6 Å². The van der Waals surface area contributed by atoms with Crippen molar-refractivity contribution in [2.24, 2.45) is 4.36 Å². The van der Waals surface area contributed by atoms with Crippen LogP contribution < -0.4 is 19.7 Å². The predicted molar refractivity (Wildman–Crippen MR) is 143 cm³/mol. The number of rotatable bonds is 6. The van der Waals surface area contributed by atoms with Crippen LogP contribution in [0.3, 0.4) is 0 Å². The standard InChI is InChI=1S/C22H16ClN3O5S2.C2H7N/c1-30-18-10-8-14(12-19(18)31-2)26(21(27)15-5-3-4-6-16(15)23)22-24-17-9-7-13(25-33(28)29)11-20(17)32-22;1-3-2/h3-12H,1-2H3;3H,1-2H3. The zero-order valence-corrected chi connectivity index (χ0v) is 22.2. The van der Waals surface area contributed by atoms with Gasteiger partial charge in [-0.05, 0) is 56.6 Å². The minimum absolute atomic E-state index is 0.265. The number of halogens is 1. The van der Waals surface area contributed by atoms with Crippen molar-refractivity contribution in [1.82, 2.24) is 10.3 Å². The lowest BCUT2D eigenvalue weighted by atomic mass is 10.1. The largest absolute Gasteiger partial charge is 0.493 e. The molecule has 0 saturated carbocycles. The number of thiazole rings is 1. The minimum Gasteiger partial charge on any atom is -0.493 e. The Balaban J connectivity index is 0.00000115. The van der Waals surface area contributed by atoms with E-state index in [-0.39, 0.29) is 5.69 Å². The maximum atomic E-state index is 13.6. The Morgan fingerprint density at radius 1 is 1.03 bits per heavy atom. The topological polar surface area (TPSA) is 110 Å². The lowest BCUT2D eigenvalue weighted by Crippen LogP contribution is -2.26. The van der Waals surface area contributed by atoms with Crippen LogP contribution in [0.25, 0.3) is 10.2 Å². The van der Waals surface area contributed by atoms with E-state index in [1.54, 1.807) is 54.6 Å². The Bertz CT molecular complexity index is 1510. The second-order valence-corrected chi connectivity index (χ2v) is 9.15. The summed E-state index contributed by atoms with van der Waals surface area (Å²) in [4.78, 5) is 19.7. The zero-order chi connectivity index (χ0) is 26.2. The number of benzene rings is 3. The highest BCUT2D eigenvalue weighted by Crippen LogP contribution is 2.39. The van der Waals surface area contributed by atoms with Gasteiger partial charge in [-0.25, -0.2) is 4.98 Å². The van der Waals surface area contributed by atoms with E-state index in [1.165, 1.54) is 36.5 Å². The number of nitrogens with zero attached hydrogens (tertiary/aromatic N) is 3. The Hall–Kier alpha value is -3.51. The number of hydrogen-bond donors (Lipinski definition) is 1. The van der Waals surface area contributed by atoms with Gasteiger partial charge in [0.1, 0.15) is 0 Å². The molecule has 0 saturated heterocycles. The molecular formula is C24H23ClN4O5S2. The first kappa shape index (κ1) is 27.1. The number of fused-ring (bicyclic) bond motifs is 1. The molecule has 1 amide bonds.